The number of para-hydroxylation sites is 1. The molecule has 0 spiro atoms. The predicted octanol–water partition coefficient (Wildman–Crippen LogP) is 1.84. The average molecular weight is 325 g/mol. The van der Waals surface area contributed by atoms with Gasteiger partial charge in [-0.25, -0.2) is 0 Å². The zero-order valence-corrected chi connectivity index (χ0v) is 13.1. The molecule has 1 atom stereocenters. The molecule has 24 heavy (non-hydrogen) atoms. The van der Waals surface area contributed by atoms with E-state index in [4.69, 9.17) is 10.5 Å². The Bertz CT molecular complexity index is 743. The number of hydrogen-bond acceptors (Lipinski definition) is 4. The van der Waals surface area contributed by atoms with Crippen LogP contribution < -0.4 is 21.1 Å². The summed E-state index contributed by atoms with van der Waals surface area (Å²) >= 11 is 0. The van der Waals surface area contributed by atoms with Crippen molar-refractivity contribution in [1.29, 1.82) is 0 Å². The Morgan fingerprint density at radius 2 is 1.88 bits per heavy atom. The number of carbonyl (C=O) groups excluding carboxylic acids is 2. The van der Waals surface area contributed by atoms with Crippen molar-refractivity contribution in [3.63, 3.8) is 0 Å². The Labute approximate surface area is 140 Å². The molecule has 2 aromatic carbocycles. The largest absolute Gasteiger partial charge is 0.493 e. The standard InChI is InChI=1S/C18H19N3O3/c19-18(23)12-5-7-13(8-6-12)20-11-17(22)21-15-9-10-24-16-4-2-1-3-14(15)16/h1-8,15,20H,9-11H2,(H2,19,23)(H,21,22). The van der Waals surface area contributed by atoms with Crippen LogP contribution in [0.25, 0.3) is 0 Å². The van der Waals surface area contributed by atoms with E-state index in [1.165, 1.54) is 0 Å². The minimum atomic E-state index is -0.475. The van der Waals surface area contributed by atoms with Crippen LogP contribution in [0.1, 0.15) is 28.4 Å². The van der Waals surface area contributed by atoms with Gasteiger partial charge in [0.2, 0.25) is 11.8 Å². The van der Waals surface area contributed by atoms with E-state index in [9.17, 15) is 9.59 Å². The van der Waals surface area contributed by atoms with Gasteiger partial charge in [0.05, 0.1) is 19.2 Å². The number of fused-ring (bicyclic) bond motifs is 1. The zero-order valence-electron chi connectivity index (χ0n) is 13.1. The maximum absolute atomic E-state index is 12.2. The van der Waals surface area contributed by atoms with Gasteiger partial charge in [-0.05, 0) is 30.3 Å². The molecule has 0 saturated carbocycles. The Balaban J connectivity index is 1.56. The molecule has 0 aliphatic carbocycles. The predicted molar refractivity (Wildman–Crippen MR) is 90.9 cm³/mol. The minimum absolute atomic E-state index is 0.0403. The maximum atomic E-state index is 12.2. The molecule has 0 aromatic heterocycles. The maximum Gasteiger partial charge on any atom is 0.248 e. The number of anilines is 1. The lowest BCUT2D eigenvalue weighted by molar-refractivity contribution is -0.120. The third-order valence-corrected chi connectivity index (χ3v) is 3.92. The second kappa shape index (κ2) is 7.04. The van der Waals surface area contributed by atoms with Gasteiger partial charge in [0, 0.05) is 23.2 Å². The molecule has 6 heteroatoms. The van der Waals surface area contributed by atoms with Crippen LogP contribution in [0, 0.1) is 0 Å². The molecule has 6 nitrogen and oxygen atoms in total. The number of ether oxygens (including phenoxy) is 1. The highest BCUT2D eigenvalue weighted by atomic mass is 16.5. The van der Waals surface area contributed by atoms with Crippen molar-refractivity contribution in [2.24, 2.45) is 5.73 Å². The van der Waals surface area contributed by atoms with Crippen molar-refractivity contribution in [2.75, 3.05) is 18.5 Å². The van der Waals surface area contributed by atoms with Crippen molar-refractivity contribution in [3.05, 3.63) is 59.7 Å². The van der Waals surface area contributed by atoms with Crippen LogP contribution in [0.15, 0.2) is 48.5 Å². The first-order chi connectivity index (χ1) is 11.6. The van der Waals surface area contributed by atoms with E-state index in [0.717, 1.165) is 23.4 Å². The summed E-state index contributed by atoms with van der Waals surface area (Å²) in [7, 11) is 0. The monoisotopic (exact) mass is 325 g/mol. The molecule has 4 N–H and O–H groups in total. The Kier molecular flexibility index (Phi) is 4.65. The summed E-state index contributed by atoms with van der Waals surface area (Å²) in [6.45, 7) is 0.736. The van der Waals surface area contributed by atoms with Crippen LogP contribution in [0.2, 0.25) is 0 Å². The lowest BCUT2D eigenvalue weighted by Gasteiger charge is -2.26. The third kappa shape index (κ3) is 3.65. The van der Waals surface area contributed by atoms with Gasteiger partial charge in [-0.15, -0.1) is 0 Å². The van der Waals surface area contributed by atoms with E-state index >= 15 is 0 Å². The highest BCUT2D eigenvalue weighted by Gasteiger charge is 2.22. The first-order valence-electron chi connectivity index (χ1n) is 7.78. The summed E-state index contributed by atoms with van der Waals surface area (Å²) in [6, 6.07) is 14.4. The fraction of sp³-hybridized carbons (Fsp3) is 0.222. The van der Waals surface area contributed by atoms with Gasteiger partial charge in [0.25, 0.3) is 0 Å². The number of carbonyl (C=O) groups is 2. The molecule has 0 bridgehead atoms. The van der Waals surface area contributed by atoms with Gasteiger partial charge in [-0.1, -0.05) is 18.2 Å². The fourth-order valence-corrected chi connectivity index (χ4v) is 2.67. The van der Waals surface area contributed by atoms with Crippen LogP contribution in [-0.4, -0.2) is 25.0 Å². The normalized spacial score (nSPS) is 15.8. The summed E-state index contributed by atoms with van der Waals surface area (Å²) < 4.78 is 5.59. The van der Waals surface area contributed by atoms with Gasteiger partial charge in [-0.2, -0.15) is 0 Å². The summed E-state index contributed by atoms with van der Waals surface area (Å²) in [6.07, 6.45) is 0.746. The molecule has 1 heterocycles. The van der Waals surface area contributed by atoms with Crippen molar-refractivity contribution >= 4 is 17.5 Å². The number of hydrogen-bond donors (Lipinski definition) is 3. The topological polar surface area (TPSA) is 93.5 Å². The summed E-state index contributed by atoms with van der Waals surface area (Å²) in [4.78, 5) is 23.2. The Hall–Kier alpha value is -3.02. The van der Waals surface area contributed by atoms with E-state index in [0.29, 0.717) is 12.2 Å². The van der Waals surface area contributed by atoms with Gasteiger partial charge in [0.15, 0.2) is 0 Å². The zero-order chi connectivity index (χ0) is 16.9. The number of nitrogens with one attached hydrogen (secondary N) is 2. The number of amides is 2. The molecular formula is C18H19N3O3. The molecule has 1 aliphatic rings. The SMILES string of the molecule is NC(=O)c1ccc(NCC(=O)NC2CCOc3ccccc32)cc1. The molecule has 2 amide bonds. The lowest BCUT2D eigenvalue weighted by Crippen LogP contribution is -2.35. The van der Waals surface area contributed by atoms with Crippen LogP contribution >= 0.6 is 0 Å². The smallest absolute Gasteiger partial charge is 0.248 e. The molecule has 2 aromatic rings. The molecule has 1 aliphatic heterocycles. The quantitative estimate of drug-likeness (QED) is 0.782. The molecule has 0 radical (unpaired) electrons. The van der Waals surface area contributed by atoms with E-state index < -0.39 is 5.91 Å². The van der Waals surface area contributed by atoms with Crippen molar-refractivity contribution < 1.29 is 14.3 Å². The Morgan fingerprint density at radius 3 is 2.62 bits per heavy atom. The molecular weight excluding hydrogens is 306 g/mol. The molecule has 1 unspecified atom stereocenters. The lowest BCUT2D eigenvalue weighted by atomic mass is 10.0. The number of primary amides is 1. The second-order valence-corrected chi connectivity index (χ2v) is 5.59. The number of benzene rings is 2. The first kappa shape index (κ1) is 15.9. The highest BCUT2D eigenvalue weighted by molar-refractivity contribution is 5.93. The number of nitrogens with two attached hydrogens (primary N) is 1. The van der Waals surface area contributed by atoms with Crippen LogP contribution in [-0.2, 0) is 4.79 Å². The van der Waals surface area contributed by atoms with Crippen LogP contribution in [0.3, 0.4) is 0 Å². The van der Waals surface area contributed by atoms with Gasteiger partial charge >= 0.3 is 0 Å². The van der Waals surface area contributed by atoms with E-state index in [1.807, 2.05) is 24.3 Å². The number of rotatable bonds is 5. The summed E-state index contributed by atoms with van der Waals surface area (Å²) in [5.41, 5.74) is 7.38. The van der Waals surface area contributed by atoms with E-state index in [1.54, 1.807) is 24.3 Å². The molecule has 3 rings (SSSR count). The van der Waals surface area contributed by atoms with Crippen molar-refractivity contribution in [2.45, 2.75) is 12.5 Å². The van der Waals surface area contributed by atoms with Crippen molar-refractivity contribution in [1.82, 2.24) is 5.32 Å². The molecule has 0 fully saturated rings. The van der Waals surface area contributed by atoms with Crippen molar-refractivity contribution in [3.8, 4) is 5.75 Å². The first-order valence-corrected chi connectivity index (χ1v) is 7.78. The second-order valence-electron chi connectivity index (χ2n) is 5.59. The summed E-state index contributed by atoms with van der Waals surface area (Å²) in [5.74, 6) is 0.247. The van der Waals surface area contributed by atoms with Gasteiger partial charge in [0.1, 0.15) is 5.75 Å². The minimum Gasteiger partial charge on any atom is -0.493 e. The van der Waals surface area contributed by atoms with Gasteiger partial charge in [-0.3, -0.25) is 9.59 Å². The van der Waals surface area contributed by atoms with E-state index in [-0.39, 0.29) is 18.5 Å². The molecule has 0 saturated heterocycles. The fourth-order valence-electron chi connectivity index (χ4n) is 2.67. The van der Waals surface area contributed by atoms with Gasteiger partial charge < -0.3 is 21.1 Å². The van der Waals surface area contributed by atoms with Crippen LogP contribution in [0.4, 0.5) is 5.69 Å². The third-order valence-electron chi connectivity index (χ3n) is 3.92. The van der Waals surface area contributed by atoms with E-state index in [2.05, 4.69) is 10.6 Å². The summed E-state index contributed by atoms with van der Waals surface area (Å²) in [5, 5.41) is 6.05. The molecule has 124 valence electrons. The van der Waals surface area contributed by atoms with Crippen LogP contribution in [0.5, 0.6) is 5.75 Å². The Morgan fingerprint density at radius 1 is 1.12 bits per heavy atom. The highest BCUT2D eigenvalue weighted by Crippen LogP contribution is 2.31. The average Bonchev–Trinajstić information content (AvgIpc) is 2.61.